The molecule has 3 aromatic rings. The second-order valence-electron chi connectivity index (χ2n) is 6.30. The lowest BCUT2D eigenvalue weighted by Gasteiger charge is -2.14. The largest absolute Gasteiger partial charge is 0.439 e. The maximum Gasteiger partial charge on any atom is 0.246 e. The number of nitrogens with one attached hydrogen (secondary N) is 1. The molecule has 0 saturated heterocycles. The van der Waals surface area contributed by atoms with Crippen LogP contribution in [0, 0.1) is 5.92 Å². The Morgan fingerprint density at radius 2 is 1.96 bits per heavy atom. The maximum absolute atomic E-state index is 11.9. The predicted octanol–water partition coefficient (Wildman–Crippen LogP) is 2.95. The number of rotatable bonds is 7. The Labute approximate surface area is 168 Å². The van der Waals surface area contributed by atoms with Crippen LogP contribution in [0.25, 0.3) is 11.4 Å². The smallest absolute Gasteiger partial charge is 0.246 e. The summed E-state index contributed by atoms with van der Waals surface area (Å²) in [4.78, 5) is 20.4. The monoisotopic (exact) mass is 403 g/mol. The van der Waals surface area contributed by atoms with Gasteiger partial charge >= 0.3 is 0 Å². The van der Waals surface area contributed by atoms with Gasteiger partial charge in [-0.2, -0.15) is 4.98 Å². The molecule has 0 fully saturated rings. The van der Waals surface area contributed by atoms with Gasteiger partial charge in [-0.3, -0.25) is 4.79 Å². The molecule has 0 bridgehead atoms. The molecule has 0 radical (unpaired) electrons. The van der Waals surface area contributed by atoms with Gasteiger partial charge in [-0.1, -0.05) is 37.2 Å². The van der Waals surface area contributed by atoms with E-state index in [1.165, 1.54) is 0 Å². The second-order valence-corrected chi connectivity index (χ2v) is 6.30. The summed E-state index contributed by atoms with van der Waals surface area (Å²) in [5.41, 5.74) is 6.47. The fourth-order valence-corrected chi connectivity index (χ4v) is 2.21. The minimum atomic E-state index is -0.575. The van der Waals surface area contributed by atoms with Gasteiger partial charge in [0.25, 0.3) is 0 Å². The maximum atomic E-state index is 11.9. The number of nitrogens with two attached hydrogens (primary N) is 1. The van der Waals surface area contributed by atoms with Crippen molar-refractivity contribution < 1.29 is 14.1 Å². The number of carbonyl (C=O) groups excluding carboxylic acids is 1. The number of halogens is 1. The number of hydrogen-bond acceptors (Lipinski definition) is 7. The fraction of sp³-hybridized carbons (Fsp3) is 0.263. The summed E-state index contributed by atoms with van der Waals surface area (Å²) in [5.74, 6) is 1.63. The molecule has 1 amide bonds. The summed E-state index contributed by atoms with van der Waals surface area (Å²) in [6.07, 6.45) is 1.60. The molecule has 2 aromatic heterocycles. The Kier molecular flexibility index (Phi) is 7.48. The number of aromatic nitrogens is 3. The van der Waals surface area contributed by atoms with Crippen molar-refractivity contribution in [2.24, 2.45) is 11.7 Å². The number of carbonyl (C=O) groups is 1. The van der Waals surface area contributed by atoms with Crippen molar-refractivity contribution in [2.45, 2.75) is 26.4 Å². The zero-order valence-corrected chi connectivity index (χ0v) is 16.3. The summed E-state index contributed by atoms with van der Waals surface area (Å²) < 4.78 is 10.8. The van der Waals surface area contributed by atoms with Crippen LogP contribution in [0.5, 0.6) is 11.6 Å². The molecule has 0 saturated carbocycles. The van der Waals surface area contributed by atoms with E-state index in [0.29, 0.717) is 28.9 Å². The number of benzene rings is 1. The highest BCUT2D eigenvalue weighted by atomic mass is 35.5. The molecule has 0 aliphatic heterocycles. The van der Waals surface area contributed by atoms with Crippen molar-refractivity contribution in [2.75, 3.05) is 0 Å². The number of nitrogens with zero attached hydrogens (tertiary/aromatic N) is 3. The number of ether oxygens (including phenoxy) is 1. The van der Waals surface area contributed by atoms with Crippen LogP contribution in [0.2, 0.25) is 0 Å². The van der Waals surface area contributed by atoms with E-state index in [9.17, 15) is 4.79 Å². The number of hydrogen-bond donors (Lipinski definition) is 2. The van der Waals surface area contributed by atoms with E-state index in [-0.39, 0.29) is 30.8 Å². The minimum absolute atomic E-state index is 0. The average molecular weight is 404 g/mol. The molecule has 2 heterocycles. The third kappa shape index (κ3) is 5.51. The van der Waals surface area contributed by atoms with Gasteiger partial charge in [-0.15, -0.1) is 12.4 Å². The highest BCUT2D eigenvalue weighted by Gasteiger charge is 2.18. The normalized spacial score (nSPS) is 11.6. The SMILES string of the molecule is CC(C)[C@H](N)C(=O)NCc1nc(-c2ccc(Oc3ccccc3)nc2)no1.Cl. The molecule has 3 rings (SSSR count). The van der Waals surface area contributed by atoms with Gasteiger partial charge in [-0.25, -0.2) is 4.98 Å². The molecule has 28 heavy (non-hydrogen) atoms. The molecule has 0 unspecified atom stereocenters. The van der Waals surface area contributed by atoms with E-state index < -0.39 is 6.04 Å². The zero-order valence-electron chi connectivity index (χ0n) is 15.5. The van der Waals surface area contributed by atoms with Gasteiger partial charge in [-0.05, 0) is 24.1 Å². The lowest BCUT2D eigenvalue weighted by molar-refractivity contribution is -0.123. The zero-order chi connectivity index (χ0) is 19.2. The van der Waals surface area contributed by atoms with Crippen LogP contribution in [0.3, 0.4) is 0 Å². The van der Waals surface area contributed by atoms with E-state index in [4.69, 9.17) is 15.0 Å². The second kappa shape index (κ2) is 9.82. The van der Waals surface area contributed by atoms with Crippen molar-refractivity contribution in [1.29, 1.82) is 0 Å². The van der Waals surface area contributed by atoms with Crippen LogP contribution in [-0.2, 0) is 11.3 Å². The fourth-order valence-electron chi connectivity index (χ4n) is 2.21. The molecule has 0 spiro atoms. The van der Waals surface area contributed by atoms with E-state index in [1.54, 1.807) is 18.3 Å². The van der Waals surface area contributed by atoms with Gasteiger partial charge in [0.05, 0.1) is 12.6 Å². The molecule has 0 aliphatic rings. The molecular weight excluding hydrogens is 382 g/mol. The minimum Gasteiger partial charge on any atom is -0.439 e. The topological polar surface area (TPSA) is 116 Å². The lowest BCUT2D eigenvalue weighted by Crippen LogP contribution is -2.43. The average Bonchev–Trinajstić information content (AvgIpc) is 3.16. The van der Waals surface area contributed by atoms with Crippen molar-refractivity contribution in [3.05, 3.63) is 54.6 Å². The van der Waals surface area contributed by atoms with Crippen LogP contribution in [0.15, 0.2) is 53.2 Å². The molecule has 3 N–H and O–H groups in total. The summed E-state index contributed by atoms with van der Waals surface area (Å²) >= 11 is 0. The summed E-state index contributed by atoms with van der Waals surface area (Å²) in [7, 11) is 0. The van der Waals surface area contributed by atoms with Gasteiger partial charge in [0.2, 0.25) is 23.5 Å². The van der Waals surface area contributed by atoms with Crippen molar-refractivity contribution >= 4 is 18.3 Å². The number of pyridine rings is 1. The van der Waals surface area contributed by atoms with Crippen LogP contribution in [-0.4, -0.2) is 27.1 Å². The van der Waals surface area contributed by atoms with Gasteiger partial charge in [0, 0.05) is 17.8 Å². The Balaban J connectivity index is 0.00000280. The van der Waals surface area contributed by atoms with Crippen LogP contribution in [0.1, 0.15) is 19.7 Å². The first-order valence-electron chi connectivity index (χ1n) is 8.58. The third-order valence-electron chi connectivity index (χ3n) is 3.86. The van der Waals surface area contributed by atoms with Gasteiger partial charge in [0.15, 0.2) is 0 Å². The molecule has 1 atom stereocenters. The van der Waals surface area contributed by atoms with E-state index in [1.807, 2.05) is 44.2 Å². The van der Waals surface area contributed by atoms with E-state index >= 15 is 0 Å². The molecule has 1 aromatic carbocycles. The predicted molar refractivity (Wildman–Crippen MR) is 106 cm³/mol. The van der Waals surface area contributed by atoms with Crippen molar-refractivity contribution in [3.8, 4) is 23.0 Å². The Hall–Kier alpha value is -2.97. The highest BCUT2D eigenvalue weighted by Crippen LogP contribution is 2.21. The standard InChI is InChI=1S/C19H21N5O3.ClH/c1-12(2)17(20)19(25)22-11-16-23-18(24-27-16)13-8-9-15(21-10-13)26-14-6-4-3-5-7-14;/h3-10,12,17H,11,20H2,1-2H3,(H,22,25);1H/t17-;/m0./s1. The van der Waals surface area contributed by atoms with Gasteiger partial charge < -0.3 is 20.3 Å². The molecule has 8 nitrogen and oxygen atoms in total. The van der Waals surface area contributed by atoms with E-state index in [0.717, 1.165) is 0 Å². The number of amides is 1. The third-order valence-corrected chi connectivity index (χ3v) is 3.86. The first-order valence-corrected chi connectivity index (χ1v) is 8.58. The lowest BCUT2D eigenvalue weighted by atomic mass is 10.1. The summed E-state index contributed by atoms with van der Waals surface area (Å²) in [6, 6.07) is 12.3. The first kappa shape index (κ1) is 21.3. The molecule has 148 valence electrons. The van der Waals surface area contributed by atoms with Crippen LogP contribution < -0.4 is 15.8 Å². The van der Waals surface area contributed by atoms with Crippen molar-refractivity contribution in [3.63, 3.8) is 0 Å². The highest BCUT2D eigenvalue weighted by molar-refractivity contribution is 5.85. The summed E-state index contributed by atoms with van der Waals surface area (Å²) in [5, 5.41) is 6.59. The van der Waals surface area contributed by atoms with E-state index in [2.05, 4.69) is 20.4 Å². The Morgan fingerprint density at radius 1 is 1.21 bits per heavy atom. The molecule has 9 heteroatoms. The van der Waals surface area contributed by atoms with Gasteiger partial charge in [0.1, 0.15) is 5.75 Å². The quantitative estimate of drug-likeness (QED) is 0.622. The Bertz CT molecular complexity index is 884. The number of para-hydroxylation sites is 1. The van der Waals surface area contributed by atoms with Crippen LogP contribution >= 0.6 is 12.4 Å². The summed E-state index contributed by atoms with van der Waals surface area (Å²) in [6.45, 7) is 3.88. The first-order chi connectivity index (χ1) is 13.0. The Morgan fingerprint density at radius 3 is 2.61 bits per heavy atom. The van der Waals surface area contributed by atoms with Crippen LogP contribution in [0.4, 0.5) is 0 Å². The molecular formula is C19H22ClN5O3. The van der Waals surface area contributed by atoms with Crippen molar-refractivity contribution in [1.82, 2.24) is 20.4 Å². The molecule has 0 aliphatic carbocycles.